The zero-order valence-corrected chi connectivity index (χ0v) is 16.1. The summed E-state index contributed by atoms with van der Waals surface area (Å²) in [6, 6.07) is 14.7. The van der Waals surface area contributed by atoms with Crippen molar-refractivity contribution >= 4 is 23.4 Å². The fourth-order valence-electron chi connectivity index (χ4n) is 3.29. The highest BCUT2D eigenvalue weighted by Gasteiger charge is 2.34. The number of hydrogen-bond acceptors (Lipinski definition) is 6. The van der Waals surface area contributed by atoms with Crippen LogP contribution >= 0.6 is 0 Å². The van der Waals surface area contributed by atoms with Crippen LogP contribution in [-0.4, -0.2) is 60.6 Å². The van der Waals surface area contributed by atoms with Gasteiger partial charge in [0.05, 0.1) is 6.61 Å². The Morgan fingerprint density at radius 1 is 1.14 bits per heavy atom. The zero-order chi connectivity index (χ0) is 19.8. The Labute approximate surface area is 165 Å². The van der Waals surface area contributed by atoms with Crippen LogP contribution < -0.4 is 10.2 Å². The number of hydrogen-bond donors (Lipinski definition) is 1. The van der Waals surface area contributed by atoms with Crippen molar-refractivity contribution in [1.29, 1.82) is 0 Å². The Bertz CT molecular complexity index is 770. The molecule has 2 aromatic rings. The van der Waals surface area contributed by atoms with Gasteiger partial charge in [-0.25, -0.2) is 4.98 Å². The first-order chi connectivity index (χ1) is 13.7. The van der Waals surface area contributed by atoms with Gasteiger partial charge in [-0.3, -0.25) is 14.5 Å². The van der Waals surface area contributed by atoms with Crippen molar-refractivity contribution < 1.29 is 14.3 Å². The van der Waals surface area contributed by atoms with E-state index in [4.69, 9.17) is 4.74 Å². The molecule has 1 aromatic heterocycles. The minimum Gasteiger partial charge on any atom is -0.465 e. The number of piperazine rings is 1. The molecule has 1 saturated heterocycles. The van der Waals surface area contributed by atoms with Gasteiger partial charge in [0.1, 0.15) is 11.9 Å². The van der Waals surface area contributed by atoms with Gasteiger partial charge in [0, 0.05) is 44.5 Å². The van der Waals surface area contributed by atoms with E-state index in [-0.39, 0.29) is 11.9 Å². The van der Waals surface area contributed by atoms with Crippen LogP contribution in [0.25, 0.3) is 0 Å². The van der Waals surface area contributed by atoms with E-state index in [1.807, 2.05) is 53.4 Å². The fourth-order valence-corrected chi connectivity index (χ4v) is 3.29. The predicted molar refractivity (Wildman–Crippen MR) is 108 cm³/mol. The summed E-state index contributed by atoms with van der Waals surface area (Å²) in [5, 5.41) is 2.88. The van der Waals surface area contributed by atoms with Gasteiger partial charge in [-0.1, -0.05) is 24.3 Å². The van der Waals surface area contributed by atoms with Crippen molar-refractivity contribution in [3.05, 3.63) is 54.7 Å². The number of para-hydroxylation sites is 1. The highest BCUT2D eigenvalue weighted by Crippen LogP contribution is 2.18. The van der Waals surface area contributed by atoms with Gasteiger partial charge in [0.15, 0.2) is 0 Å². The molecular formula is C21H26N4O3. The van der Waals surface area contributed by atoms with E-state index in [2.05, 4.69) is 15.2 Å². The summed E-state index contributed by atoms with van der Waals surface area (Å²) in [5.41, 5.74) is 0.773. The summed E-state index contributed by atoms with van der Waals surface area (Å²) in [7, 11) is 0. The van der Waals surface area contributed by atoms with Crippen molar-refractivity contribution in [2.75, 3.05) is 43.0 Å². The normalized spacial score (nSPS) is 17.2. The number of nitrogens with one attached hydrogen (secondary N) is 1. The second-order valence-corrected chi connectivity index (χ2v) is 6.60. The van der Waals surface area contributed by atoms with Crippen molar-refractivity contribution in [2.24, 2.45) is 0 Å². The average molecular weight is 382 g/mol. The van der Waals surface area contributed by atoms with Gasteiger partial charge in [-0.05, 0) is 31.2 Å². The summed E-state index contributed by atoms with van der Waals surface area (Å²) < 4.78 is 5.27. The molecule has 0 spiro atoms. The lowest BCUT2D eigenvalue weighted by Gasteiger charge is -2.40. The van der Waals surface area contributed by atoms with Crippen LogP contribution in [0.3, 0.4) is 0 Å². The van der Waals surface area contributed by atoms with Crippen LogP contribution in [0.1, 0.15) is 13.3 Å². The molecule has 1 unspecified atom stereocenters. The molecule has 28 heavy (non-hydrogen) atoms. The molecule has 0 aliphatic carbocycles. The van der Waals surface area contributed by atoms with Crippen LogP contribution in [-0.2, 0) is 14.3 Å². The monoisotopic (exact) mass is 382 g/mol. The maximum absolute atomic E-state index is 12.5. The van der Waals surface area contributed by atoms with Crippen LogP contribution in [0.2, 0.25) is 0 Å². The van der Waals surface area contributed by atoms with Gasteiger partial charge < -0.3 is 15.0 Å². The number of carbonyl (C=O) groups is 2. The average Bonchev–Trinajstić information content (AvgIpc) is 2.74. The van der Waals surface area contributed by atoms with Gasteiger partial charge in [-0.2, -0.15) is 0 Å². The number of esters is 1. The summed E-state index contributed by atoms with van der Waals surface area (Å²) in [5.74, 6) is 0.519. The van der Waals surface area contributed by atoms with E-state index in [0.717, 1.165) is 18.1 Å². The number of nitrogens with zero attached hydrogens (tertiary/aromatic N) is 3. The standard InChI is InChI=1S/C21H26N4O3/c1-2-28-21(27)18-16-25(19-10-6-7-12-22-19)15-14-24(18)13-11-20(26)23-17-8-4-3-5-9-17/h3-10,12,18H,2,11,13-16H2,1H3,(H,23,26). The van der Waals surface area contributed by atoms with E-state index in [0.29, 0.717) is 32.7 Å². The third-order valence-corrected chi connectivity index (χ3v) is 4.71. The minimum absolute atomic E-state index is 0.0686. The smallest absolute Gasteiger partial charge is 0.325 e. The number of pyridine rings is 1. The van der Waals surface area contributed by atoms with Crippen molar-refractivity contribution in [2.45, 2.75) is 19.4 Å². The van der Waals surface area contributed by atoms with Crippen LogP contribution in [0.5, 0.6) is 0 Å². The highest BCUT2D eigenvalue weighted by molar-refractivity contribution is 5.90. The summed E-state index contributed by atoms with van der Waals surface area (Å²) in [4.78, 5) is 33.3. The molecule has 1 aromatic carbocycles. The Kier molecular flexibility index (Phi) is 6.97. The van der Waals surface area contributed by atoms with Gasteiger partial charge >= 0.3 is 5.97 Å². The van der Waals surface area contributed by atoms with Gasteiger partial charge in [0.25, 0.3) is 0 Å². The number of rotatable bonds is 7. The molecule has 1 atom stereocenters. The van der Waals surface area contributed by atoms with Gasteiger partial charge in [0.2, 0.25) is 5.91 Å². The molecule has 1 amide bonds. The molecule has 148 valence electrons. The molecule has 0 bridgehead atoms. The first kappa shape index (κ1) is 19.8. The maximum Gasteiger partial charge on any atom is 0.325 e. The highest BCUT2D eigenvalue weighted by atomic mass is 16.5. The number of carbonyl (C=O) groups excluding carboxylic acids is 2. The third-order valence-electron chi connectivity index (χ3n) is 4.71. The quantitative estimate of drug-likeness (QED) is 0.740. The topological polar surface area (TPSA) is 74.8 Å². The summed E-state index contributed by atoms with van der Waals surface area (Å²) in [6.45, 7) is 4.54. The molecule has 0 saturated carbocycles. The maximum atomic E-state index is 12.5. The predicted octanol–water partition coefficient (Wildman–Crippen LogP) is 2.16. The minimum atomic E-state index is -0.416. The van der Waals surface area contributed by atoms with E-state index >= 15 is 0 Å². The third kappa shape index (κ3) is 5.29. The summed E-state index contributed by atoms with van der Waals surface area (Å²) in [6.07, 6.45) is 2.06. The molecule has 1 aliphatic rings. The molecule has 1 aliphatic heterocycles. The molecular weight excluding hydrogens is 356 g/mol. The van der Waals surface area contributed by atoms with Crippen LogP contribution in [0, 0.1) is 0 Å². The summed E-state index contributed by atoms with van der Waals surface area (Å²) >= 11 is 0. The van der Waals surface area contributed by atoms with Crippen LogP contribution in [0.15, 0.2) is 54.7 Å². The molecule has 7 heteroatoms. The molecule has 1 fully saturated rings. The van der Waals surface area contributed by atoms with Crippen molar-refractivity contribution in [3.8, 4) is 0 Å². The SMILES string of the molecule is CCOC(=O)C1CN(c2ccccn2)CCN1CCC(=O)Nc1ccccc1. The second kappa shape index (κ2) is 9.85. The lowest BCUT2D eigenvalue weighted by molar-refractivity contribution is -0.150. The number of benzene rings is 1. The fraction of sp³-hybridized carbons (Fsp3) is 0.381. The first-order valence-electron chi connectivity index (χ1n) is 9.59. The van der Waals surface area contributed by atoms with Crippen molar-refractivity contribution in [1.82, 2.24) is 9.88 Å². The van der Waals surface area contributed by atoms with E-state index < -0.39 is 6.04 Å². The largest absolute Gasteiger partial charge is 0.465 e. The van der Waals surface area contributed by atoms with E-state index in [1.165, 1.54) is 0 Å². The molecule has 1 N–H and O–H groups in total. The lowest BCUT2D eigenvalue weighted by atomic mass is 10.1. The van der Waals surface area contributed by atoms with Gasteiger partial charge in [-0.15, -0.1) is 0 Å². The Hall–Kier alpha value is -2.93. The second-order valence-electron chi connectivity index (χ2n) is 6.60. The number of amides is 1. The van der Waals surface area contributed by atoms with E-state index in [1.54, 1.807) is 13.1 Å². The Morgan fingerprint density at radius 2 is 1.93 bits per heavy atom. The van der Waals surface area contributed by atoms with E-state index in [9.17, 15) is 9.59 Å². The number of aromatic nitrogens is 1. The Balaban J connectivity index is 1.60. The molecule has 0 radical (unpaired) electrons. The zero-order valence-electron chi connectivity index (χ0n) is 16.1. The Morgan fingerprint density at radius 3 is 2.64 bits per heavy atom. The van der Waals surface area contributed by atoms with Crippen LogP contribution in [0.4, 0.5) is 11.5 Å². The lowest BCUT2D eigenvalue weighted by Crippen LogP contribution is -2.57. The number of anilines is 2. The molecule has 2 heterocycles. The molecule has 7 nitrogen and oxygen atoms in total. The molecule has 3 rings (SSSR count). The number of ether oxygens (including phenoxy) is 1. The van der Waals surface area contributed by atoms with Crippen molar-refractivity contribution in [3.63, 3.8) is 0 Å². The first-order valence-corrected chi connectivity index (χ1v) is 9.59.